The van der Waals surface area contributed by atoms with Gasteiger partial charge in [0.2, 0.25) is 5.91 Å². The van der Waals surface area contributed by atoms with Crippen LogP contribution in [-0.4, -0.2) is 24.5 Å². The van der Waals surface area contributed by atoms with Crippen LogP contribution >= 0.6 is 0 Å². The zero-order valence-corrected chi connectivity index (χ0v) is 14.8. The normalized spacial score (nSPS) is 11.7. The summed E-state index contributed by atoms with van der Waals surface area (Å²) < 4.78 is 5.42. The lowest BCUT2D eigenvalue weighted by molar-refractivity contribution is -0.128. The number of aryl methyl sites for hydroxylation is 1. The zero-order valence-electron chi connectivity index (χ0n) is 14.8. The van der Waals surface area contributed by atoms with Crippen LogP contribution < -0.4 is 15.4 Å². The SMILES string of the molecule is Cc1ccc(NC(=O)[C@@H](NC(=O)COc2ccccc2)C(C)C)cc1. The number of amides is 2. The Morgan fingerprint density at radius 2 is 1.64 bits per heavy atom. The third kappa shape index (κ3) is 5.95. The molecule has 2 aromatic carbocycles. The second-order valence-corrected chi connectivity index (χ2v) is 6.25. The molecule has 0 radical (unpaired) electrons. The number of ether oxygens (including phenoxy) is 1. The quantitative estimate of drug-likeness (QED) is 0.813. The number of para-hydroxylation sites is 1. The second-order valence-electron chi connectivity index (χ2n) is 6.25. The van der Waals surface area contributed by atoms with Crippen LogP contribution in [-0.2, 0) is 9.59 Å². The summed E-state index contributed by atoms with van der Waals surface area (Å²) in [6, 6.07) is 16.0. The average molecular weight is 340 g/mol. The first kappa shape index (κ1) is 18.5. The number of hydrogen-bond acceptors (Lipinski definition) is 3. The molecule has 0 aliphatic carbocycles. The van der Waals surface area contributed by atoms with Gasteiger partial charge in [0, 0.05) is 5.69 Å². The molecule has 2 aromatic rings. The first-order chi connectivity index (χ1) is 12.0. The topological polar surface area (TPSA) is 67.4 Å². The lowest BCUT2D eigenvalue weighted by Gasteiger charge is -2.22. The highest BCUT2D eigenvalue weighted by molar-refractivity contribution is 5.97. The van der Waals surface area contributed by atoms with Gasteiger partial charge >= 0.3 is 0 Å². The Bertz CT molecular complexity index is 697. The summed E-state index contributed by atoms with van der Waals surface area (Å²) in [5.74, 6) is -0.0116. The highest BCUT2D eigenvalue weighted by Gasteiger charge is 2.24. The molecule has 0 unspecified atom stereocenters. The van der Waals surface area contributed by atoms with Gasteiger partial charge in [-0.25, -0.2) is 0 Å². The van der Waals surface area contributed by atoms with Gasteiger partial charge in [-0.2, -0.15) is 0 Å². The molecule has 2 N–H and O–H groups in total. The lowest BCUT2D eigenvalue weighted by Crippen LogP contribution is -2.48. The van der Waals surface area contributed by atoms with Crippen LogP contribution in [0.4, 0.5) is 5.69 Å². The van der Waals surface area contributed by atoms with E-state index in [1.54, 1.807) is 12.1 Å². The van der Waals surface area contributed by atoms with E-state index in [0.29, 0.717) is 11.4 Å². The Hall–Kier alpha value is -2.82. The second kappa shape index (κ2) is 8.87. The van der Waals surface area contributed by atoms with E-state index in [1.807, 2.05) is 63.2 Å². The molecule has 0 saturated carbocycles. The van der Waals surface area contributed by atoms with Gasteiger partial charge in [-0.15, -0.1) is 0 Å². The number of hydrogen-bond donors (Lipinski definition) is 2. The molecule has 0 aromatic heterocycles. The molecule has 0 bridgehead atoms. The predicted octanol–water partition coefficient (Wildman–Crippen LogP) is 3.15. The molecule has 1 atom stereocenters. The van der Waals surface area contributed by atoms with Crippen molar-refractivity contribution in [2.24, 2.45) is 5.92 Å². The molecule has 2 amide bonds. The molecule has 5 nitrogen and oxygen atoms in total. The van der Waals surface area contributed by atoms with Gasteiger partial charge in [0.25, 0.3) is 5.91 Å². The smallest absolute Gasteiger partial charge is 0.258 e. The van der Waals surface area contributed by atoms with E-state index in [2.05, 4.69) is 10.6 Å². The van der Waals surface area contributed by atoms with Gasteiger partial charge < -0.3 is 15.4 Å². The molecule has 25 heavy (non-hydrogen) atoms. The van der Waals surface area contributed by atoms with Crippen molar-refractivity contribution in [1.82, 2.24) is 5.32 Å². The Kier molecular flexibility index (Phi) is 6.57. The molecule has 2 rings (SSSR count). The van der Waals surface area contributed by atoms with Gasteiger partial charge in [0.1, 0.15) is 11.8 Å². The Morgan fingerprint density at radius 3 is 2.24 bits per heavy atom. The molecular weight excluding hydrogens is 316 g/mol. The minimum absolute atomic E-state index is 0.0499. The van der Waals surface area contributed by atoms with Gasteiger partial charge in [0.05, 0.1) is 0 Å². The van der Waals surface area contributed by atoms with Crippen LogP contribution in [0.15, 0.2) is 54.6 Å². The maximum atomic E-state index is 12.5. The minimum atomic E-state index is -0.631. The molecular formula is C20H24N2O3. The van der Waals surface area contributed by atoms with Crippen LogP contribution in [0.25, 0.3) is 0 Å². The Morgan fingerprint density at radius 1 is 1.00 bits per heavy atom. The van der Waals surface area contributed by atoms with Crippen molar-refractivity contribution in [3.8, 4) is 5.75 Å². The standard InChI is InChI=1S/C20H24N2O3/c1-14(2)19(20(24)21-16-11-9-15(3)10-12-16)22-18(23)13-25-17-7-5-4-6-8-17/h4-12,14,19H,13H2,1-3H3,(H,21,24)(H,22,23)/t19-/m0/s1. The van der Waals surface area contributed by atoms with Crippen molar-refractivity contribution >= 4 is 17.5 Å². The van der Waals surface area contributed by atoms with Crippen LogP contribution in [0.3, 0.4) is 0 Å². The number of nitrogens with one attached hydrogen (secondary N) is 2. The fourth-order valence-corrected chi connectivity index (χ4v) is 2.27. The van der Waals surface area contributed by atoms with Crippen molar-refractivity contribution in [3.05, 3.63) is 60.2 Å². The van der Waals surface area contributed by atoms with Gasteiger partial charge in [-0.1, -0.05) is 49.7 Å². The third-order valence-electron chi connectivity index (χ3n) is 3.70. The summed E-state index contributed by atoms with van der Waals surface area (Å²) in [6.45, 7) is 5.62. The van der Waals surface area contributed by atoms with Crippen LogP contribution in [0.2, 0.25) is 0 Å². The average Bonchev–Trinajstić information content (AvgIpc) is 2.60. The molecule has 0 saturated heterocycles. The summed E-state index contributed by atoms with van der Waals surface area (Å²) in [5.41, 5.74) is 1.82. The van der Waals surface area contributed by atoms with E-state index in [1.165, 1.54) is 0 Å². The summed E-state index contributed by atoms with van der Waals surface area (Å²) >= 11 is 0. The monoisotopic (exact) mass is 340 g/mol. The highest BCUT2D eigenvalue weighted by Crippen LogP contribution is 2.12. The fourth-order valence-electron chi connectivity index (χ4n) is 2.27. The van der Waals surface area contributed by atoms with Crippen LogP contribution in [0.5, 0.6) is 5.75 Å². The van der Waals surface area contributed by atoms with Gasteiger partial charge in [-0.05, 0) is 37.1 Å². The number of rotatable bonds is 7. The molecule has 0 aliphatic heterocycles. The number of carbonyl (C=O) groups is 2. The van der Waals surface area contributed by atoms with Crippen molar-refractivity contribution in [1.29, 1.82) is 0 Å². The van der Waals surface area contributed by atoms with E-state index >= 15 is 0 Å². The van der Waals surface area contributed by atoms with Crippen molar-refractivity contribution in [2.45, 2.75) is 26.8 Å². The largest absolute Gasteiger partial charge is 0.484 e. The minimum Gasteiger partial charge on any atom is -0.484 e. The predicted molar refractivity (Wildman–Crippen MR) is 98.5 cm³/mol. The number of benzene rings is 2. The van der Waals surface area contributed by atoms with Gasteiger partial charge in [0.15, 0.2) is 6.61 Å². The third-order valence-corrected chi connectivity index (χ3v) is 3.70. The van der Waals surface area contributed by atoms with Crippen molar-refractivity contribution in [3.63, 3.8) is 0 Å². The Labute approximate surface area is 148 Å². The van der Waals surface area contributed by atoms with E-state index in [-0.39, 0.29) is 24.3 Å². The molecule has 0 aliphatic rings. The first-order valence-corrected chi connectivity index (χ1v) is 8.30. The molecule has 132 valence electrons. The van der Waals surface area contributed by atoms with E-state index in [4.69, 9.17) is 4.74 Å². The van der Waals surface area contributed by atoms with E-state index < -0.39 is 6.04 Å². The van der Waals surface area contributed by atoms with Crippen LogP contribution in [0, 0.1) is 12.8 Å². The number of carbonyl (C=O) groups excluding carboxylic acids is 2. The molecule has 0 spiro atoms. The van der Waals surface area contributed by atoms with Crippen molar-refractivity contribution in [2.75, 3.05) is 11.9 Å². The maximum absolute atomic E-state index is 12.5. The zero-order chi connectivity index (χ0) is 18.2. The summed E-state index contributed by atoms with van der Waals surface area (Å²) in [7, 11) is 0. The maximum Gasteiger partial charge on any atom is 0.258 e. The fraction of sp³-hybridized carbons (Fsp3) is 0.300. The number of anilines is 1. The van der Waals surface area contributed by atoms with E-state index in [0.717, 1.165) is 5.56 Å². The Balaban J connectivity index is 1.91. The van der Waals surface area contributed by atoms with Crippen LogP contribution in [0.1, 0.15) is 19.4 Å². The van der Waals surface area contributed by atoms with E-state index in [9.17, 15) is 9.59 Å². The first-order valence-electron chi connectivity index (χ1n) is 8.30. The molecule has 0 heterocycles. The summed E-state index contributed by atoms with van der Waals surface area (Å²) in [5, 5.41) is 5.58. The van der Waals surface area contributed by atoms with Gasteiger partial charge in [-0.3, -0.25) is 9.59 Å². The van der Waals surface area contributed by atoms with Crippen molar-refractivity contribution < 1.29 is 14.3 Å². The lowest BCUT2D eigenvalue weighted by atomic mass is 10.0. The summed E-state index contributed by atoms with van der Waals surface area (Å²) in [6.07, 6.45) is 0. The summed E-state index contributed by atoms with van der Waals surface area (Å²) in [4.78, 5) is 24.6. The molecule has 5 heteroatoms. The highest BCUT2D eigenvalue weighted by atomic mass is 16.5. The molecule has 0 fully saturated rings.